The molecule has 0 aliphatic carbocycles. The Hall–Kier alpha value is -0.410. The number of ether oxygens (including phenoxy) is 1. The molecule has 0 rings (SSSR count). The van der Waals surface area contributed by atoms with E-state index < -0.39 is 5.60 Å². The Kier molecular flexibility index (Phi) is 5.36. The number of aliphatic hydroxyl groups is 1. The van der Waals surface area contributed by atoms with E-state index in [0.29, 0.717) is 6.42 Å². The van der Waals surface area contributed by atoms with Crippen molar-refractivity contribution in [3.8, 4) is 0 Å². The van der Waals surface area contributed by atoms with Crippen LogP contribution < -0.4 is 0 Å². The fourth-order valence-corrected chi connectivity index (χ4v) is 1.43. The van der Waals surface area contributed by atoms with Gasteiger partial charge in [0.15, 0.2) is 5.78 Å². The molecular formula is C14H28O3. The number of hydrogen-bond acceptors (Lipinski definition) is 3. The van der Waals surface area contributed by atoms with Gasteiger partial charge >= 0.3 is 0 Å². The molecule has 0 spiro atoms. The molecular weight excluding hydrogens is 216 g/mol. The SMILES string of the molecule is CCC(C)(O)C(=O)COC(C)(CC)C(C)(C)C. The number of hydrogen-bond donors (Lipinski definition) is 1. The molecule has 17 heavy (non-hydrogen) atoms. The van der Waals surface area contributed by atoms with Crippen molar-refractivity contribution in [2.45, 2.75) is 72.5 Å². The summed E-state index contributed by atoms with van der Waals surface area (Å²) in [5.41, 5.74) is -1.67. The maximum absolute atomic E-state index is 11.8. The summed E-state index contributed by atoms with van der Waals surface area (Å²) in [5, 5.41) is 9.83. The van der Waals surface area contributed by atoms with E-state index in [2.05, 4.69) is 20.8 Å². The van der Waals surface area contributed by atoms with Gasteiger partial charge in [0.1, 0.15) is 12.2 Å². The topological polar surface area (TPSA) is 46.5 Å². The number of ketones is 1. The molecule has 0 amide bonds. The molecule has 0 aromatic rings. The highest BCUT2D eigenvalue weighted by Crippen LogP contribution is 2.36. The lowest BCUT2D eigenvalue weighted by atomic mass is 9.76. The van der Waals surface area contributed by atoms with Crippen LogP contribution in [0.25, 0.3) is 0 Å². The summed E-state index contributed by atoms with van der Waals surface area (Å²) < 4.78 is 5.78. The molecule has 0 bridgehead atoms. The summed E-state index contributed by atoms with van der Waals surface area (Å²) >= 11 is 0. The Labute approximate surface area is 106 Å². The van der Waals surface area contributed by atoms with Crippen LogP contribution in [-0.2, 0) is 9.53 Å². The smallest absolute Gasteiger partial charge is 0.189 e. The molecule has 0 aromatic heterocycles. The Morgan fingerprint density at radius 3 is 1.82 bits per heavy atom. The van der Waals surface area contributed by atoms with Crippen LogP contribution in [0.3, 0.4) is 0 Å². The Morgan fingerprint density at radius 2 is 1.53 bits per heavy atom. The molecule has 0 aliphatic rings. The van der Waals surface area contributed by atoms with E-state index in [4.69, 9.17) is 4.74 Å². The second-order valence-corrected chi connectivity index (χ2v) is 6.17. The Morgan fingerprint density at radius 1 is 1.06 bits per heavy atom. The highest BCUT2D eigenvalue weighted by atomic mass is 16.5. The molecule has 2 unspecified atom stereocenters. The van der Waals surface area contributed by atoms with Gasteiger partial charge in [0, 0.05) is 0 Å². The monoisotopic (exact) mass is 244 g/mol. The van der Waals surface area contributed by atoms with Gasteiger partial charge in [-0.2, -0.15) is 0 Å². The summed E-state index contributed by atoms with van der Waals surface area (Å²) in [6, 6.07) is 0. The van der Waals surface area contributed by atoms with Crippen molar-refractivity contribution in [2.24, 2.45) is 5.41 Å². The van der Waals surface area contributed by atoms with Crippen molar-refractivity contribution in [1.82, 2.24) is 0 Å². The van der Waals surface area contributed by atoms with E-state index in [1.54, 1.807) is 13.8 Å². The van der Waals surface area contributed by atoms with Gasteiger partial charge in [-0.15, -0.1) is 0 Å². The fraction of sp³-hybridized carbons (Fsp3) is 0.929. The summed E-state index contributed by atoms with van der Waals surface area (Å²) in [6.45, 7) is 13.7. The molecule has 0 saturated heterocycles. The summed E-state index contributed by atoms with van der Waals surface area (Å²) in [5.74, 6) is -0.246. The van der Waals surface area contributed by atoms with Crippen LogP contribution in [0.2, 0.25) is 0 Å². The van der Waals surface area contributed by atoms with Crippen LogP contribution >= 0.6 is 0 Å². The third-order valence-electron chi connectivity index (χ3n) is 4.07. The first-order valence-electron chi connectivity index (χ1n) is 6.40. The average molecular weight is 244 g/mol. The van der Waals surface area contributed by atoms with Crippen molar-refractivity contribution in [2.75, 3.05) is 6.61 Å². The van der Waals surface area contributed by atoms with Crippen molar-refractivity contribution in [1.29, 1.82) is 0 Å². The first-order chi connectivity index (χ1) is 7.50. The minimum atomic E-state index is -1.27. The van der Waals surface area contributed by atoms with Gasteiger partial charge in [-0.25, -0.2) is 0 Å². The van der Waals surface area contributed by atoms with Crippen LogP contribution in [0, 0.1) is 5.41 Å². The number of carbonyl (C=O) groups is 1. The van der Waals surface area contributed by atoms with Crippen molar-refractivity contribution in [3.63, 3.8) is 0 Å². The minimum absolute atomic E-state index is 0.0253. The maximum Gasteiger partial charge on any atom is 0.189 e. The summed E-state index contributed by atoms with van der Waals surface area (Å²) in [7, 11) is 0. The molecule has 102 valence electrons. The number of rotatable bonds is 6. The Balaban J connectivity index is 4.61. The number of Topliss-reactive ketones (excluding diaryl/α,β-unsaturated/α-hetero) is 1. The molecule has 0 radical (unpaired) electrons. The van der Waals surface area contributed by atoms with Gasteiger partial charge < -0.3 is 9.84 Å². The van der Waals surface area contributed by atoms with Gasteiger partial charge in [-0.1, -0.05) is 34.6 Å². The van der Waals surface area contributed by atoms with Crippen LogP contribution in [0.4, 0.5) is 0 Å². The van der Waals surface area contributed by atoms with E-state index in [-0.39, 0.29) is 23.4 Å². The zero-order valence-corrected chi connectivity index (χ0v) is 12.4. The molecule has 0 aromatic carbocycles. The predicted molar refractivity (Wildman–Crippen MR) is 70.0 cm³/mol. The van der Waals surface area contributed by atoms with Crippen LogP contribution in [0.15, 0.2) is 0 Å². The lowest BCUT2D eigenvalue weighted by Crippen LogP contribution is -2.46. The van der Waals surface area contributed by atoms with Gasteiger partial charge in [-0.3, -0.25) is 4.79 Å². The van der Waals surface area contributed by atoms with Crippen molar-refractivity contribution >= 4 is 5.78 Å². The third kappa shape index (κ3) is 4.07. The molecule has 0 saturated carbocycles. The quantitative estimate of drug-likeness (QED) is 0.781. The molecule has 3 heteroatoms. The standard InChI is InChI=1S/C14H28O3/c1-8-13(6,16)11(15)10-17-14(7,9-2)12(3,4)5/h16H,8-10H2,1-7H3. The van der Waals surface area contributed by atoms with E-state index in [1.165, 1.54) is 0 Å². The first-order valence-corrected chi connectivity index (χ1v) is 6.40. The van der Waals surface area contributed by atoms with Gasteiger partial charge in [0.25, 0.3) is 0 Å². The largest absolute Gasteiger partial charge is 0.382 e. The van der Waals surface area contributed by atoms with Crippen molar-refractivity contribution < 1.29 is 14.6 Å². The molecule has 1 N–H and O–H groups in total. The van der Waals surface area contributed by atoms with Gasteiger partial charge in [0.05, 0.1) is 5.60 Å². The maximum atomic E-state index is 11.8. The fourth-order valence-electron chi connectivity index (χ4n) is 1.43. The van der Waals surface area contributed by atoms with Crippen LogP contribution in [0.1, 0.15) is 61.3 Å². The van der Waals surface area contributed by atoms with E-state index in [0.717, 1.165) is 6.42 Å². The lowest BCUT2D eigenvalue weighted by molar-refractivity contribution is -0.156. The summed E-state index contributed by atoms with van der Waals surface area (Å²) in [6.07, 6.45) is 1.24. The molecule has 0 heterocycles. The Bertz CT molecular complexity index is 263. The van der Waals surface area contributed by atoms with Crippen molar-refractivity contribution in [3.05, 3.63) is 0 Å². The normalized spacial score (nSPS) is 19.5. The average Bonchev–Trinajstić information content (AvgIpc) is 2.23. The van der Waals surface area contributed by atoms with E-state index in [9.17, 15) is 9.90 Å². The predicted octanol–water partition coefficient (Wildman–Crippen LogP) is 2.95. The molecule has 2 atom stereocenters. The van der Waals surface area contributed by atoms with Gasteiger partial charge in [-0.05, 0) is 32.1 Å². The molecule has 3 nitrogen and oxygen atoms in total. The van der Waals surface area contributed by atoms with Gasteiger partial charge in [0.2, 0.25) is 0 Å². The first kappa shape index (κ1) is 16.6. The highest BCUT2D eigenvalue weighted by molar-refractivity contribution is 5.87. The second-order valence-electron chi connectivity index (χ2n) is 6.17. The zero-order valence-electron chi connectivity index (χ0n) is 12.4. The van der Waals surface area contributed by atoms with Crippen LogP contribution in [-0.4, -0.2) is 28.7 Å². The van der Waals surface area contributed by atoms with E-state index >= 15 is 0 Å². The molecule has 0 aliphatic heterocycles. The summed E-state index contributed by atoms with van der Waals surface area (Å²) in [4.78, 5) is 11.8. The van der Waals surface area contributed by atoms with E-state index in [1.807, 2.05) is 13.8 Å². The third-order valence-corrected chi connectivity index (χ3v) is 4.07. The highest BCUT2D eigenvalue weighted by Gasteiger charge is 2.38. The minimum Gasteiger partial charge on any atom is -0.382 e. The lowest BCUT2D eigenvalue weighted by Gasteiger charge is -2.41. The van der Waals surface area contributed by atoms with Crippen LogP contribution in [0.5, 0.6) is 0 Å². The zero-order chi connectivity index (χ0) is 13.9. The molecule has 0 fully saturated rings. The number of carbonyl (C=O) groups excluding carboxylic acids is 1. The second kappa shape index (κ2) is 5.49.